The summed E-state index contributed by atoms with van der Waals surface area (Å²) in [4.78, 5) is 2.14. The van der Waals surface area contributed by atoms with Crippen LogP contribution >= 0.6 is 0 Å². The summed E-state index contributed by atoms with van der Waals surface area (Å²) in [6.07, 6.45) is 6.54. The minimum Gasteiger partial charge on any atom is -0.492 e. The molecule has 2 heteroatoms. The summed E-state index contributed by atoms with van der Waals surface area (Å²) < 4.78 is 5.89. The molecule has 0 unspecified atom stereocenters. The van der Waals surface area contributed by atoms with Gasteiger partial charge in [0.2, 0.25) is 0 Å². The van der Waals surface area contributed by atoms with Gasteiger partial charge in [0.15, 0.2) is 0 Å². The monoisotopic (exact) mass is 363 g/mol. The van der Waals surface area contributed by atoms with Crippen LogP contribution in [0.15, 0.2) is 60.2 Å². The maximum atomic E-state index is 5.89. The van der Waals surface area contributed by atoms with Gasteiger partial charge in [-0.15, -0.1) is 0 Å². The molecule has 0 radical (unpaired) electrons. The fraction of sp³-hybridized carbons (Fsp3) is 0.440. The van der Waals surface area contributed by atoms with E-state index in [9.17, 15) is 0 Å². The van der Waals surface area contributed by atoms with Gasteiger partial charge in [0.05, 0.1) is 0 Å². The molecule has 27 heavy (non-hydrogen) atoms. The Morgan fingerprint density at radius 1 is 0.926 bits per heavy atom. The maximum absolute atomic E-state index is 5.89. The predicted molar refractivity (Wildman–Crippen MR) is 115 cm³/mol. The van der Waals surface area contributed by atoms with Crippen molar-refractivity contribution in [3.8, 4) is 5.75 Å². The molecule has 0 spiro atoms. The SMILES string of the molecule is CCC(=C(c1ccccc1)c1ccc(OCCN(C)C)cc1)C1CCCC1. The van der Waals surface area contributed by atoms with Gasteiger partial charge < -0.3 is 9.64 Å². The van der Waals surface area contributed by atoms with Crippen LogP contribution in [0.5, 0.6) is 5.75 Å². The van der Waals surface area contributed by atoms with E-state index >= 15 is 0 Å². The lowest BCUT2D eigenvalue weighted by atomic mass is 9.84. The van der Waals surface area contributed by atoms with E-state index in [2.05, 4.69) is 80.5 Å². The minimum absolute atomic E-state index is 0.718. The van der Waals surface area contributed by atoms with Gasteiger partial charge in [0, 0.05) is 6.54 Å². The van der Waals surface area contributed by atoms with E-state index in [0.29, 0.717) is 0 Å². The highest BCUT2D eigenvalue weighted by Gasteiger charge is 2.22. The molecular formula is C25H33NO. The molecule has 0 N–H and O–H groups in total. The number of nitrogens with zero attached hydrogens (tertiary/aromatic N) is 1. The molecule has 0 amide bonds. The fourth-order valence-electron chi connectivity index (χ4n) is 4.15. The van der Waals surface area contributed by atoms with E-state index in [1.54, 1.807) is 5.57 Å². The van der Waals surface area contributed by atoms with Crippen LogP contribution in [0.4, 0.5) is 0 Å². The molecule has 0 aliphatic heterocycles. The Kier molecular flexibility index (Phi) is 7.11. The van der Waals surface area contributed by atoms with Crippen molar-refractivity contribution in [3.05, 3.63) is 71.3 Å². The quantitative estimate of drug-likeness (QED) is 0.568. The van der Waals surface area contributed by atoms with Gasteiger partial charge in [0.25, 0.3) is 0 Å². The minimum atomic E-state index is 0.718. The third-order valence-electron chi connectivity index (χ3n) is 5.56. The lowest BCUT2D eigenvalue weighted by Gasteiger charge is -2.21. The molecular weight excluding hydrogens is 330 g/mol. The Bertz CT molecular complexity index is 725. The van der Waals surface area contributed by atoms with Crippen LogP contribution in [-0.4, -0.2) is 32.1 Å². The normalized spacial score (nSPS) is 15.9. The van der Waals surface area contributed by atoms with Crippen LogP contribution in [0.3, 0.4) is 0 Å². The zero-order valence-electron chi connectivity index (χ0n) is 17.1. The highest BCUT2D eigenvalue weighted by molar-refractivity contribution is 5.82. The van der Waals surface area contributed by atoms with Crippen LogP contribution in [-0.2, 0) is 0 Å². The number of allylic oxidation sites excluding steroid dienone is 1. The molecule has 144 valence electrons. The molecule has 1 aliphatic rings. The van der Waals surface area contributed by atoms with E-state index in [4.69, 9.17) is 4.74 Å². The standard InChI is InChI=1S/C25H33NO/c1-4-24(20-10-8-9-11-20)25(21-12-6-5-7-13-21)22-14-16-23(17-15-22)27-19-18-26(2)3/h5-7,12-17,20H,4,8-11,18-19H2,1-3H3. The first-order chi connectivity index (χ1) is 13.2. The van der Waals surface area contributed by atoms with Crippen molar-refractivity contribution in [2.45, 2.75) is 39.0 Å². The summed E-state index contributed by atoms with van der Waals surface area (Å²) in [5.74, 6) is 1.69. The molecule has 2 nitrogen and oxygen atoms in total. The molecule has 1 saturated carbocycles. The summed E-state index contributed by atoms with van der Waals surface area (Å²) in [5, 5.41) is 0. The number of likely N-dealkylation sites (N-methyl/N-ethyl adjacent to an activating group) is 1. The van der Waals surface area contributed by atoms with Crippen molar-refractivity contribution in [1.82, 2.24) is 4.90 Å². The Morgan fingerprint density at radius 2 is 1.56 bits per heavy atom. The first-order valence-corrected chi connectivity index (χ1v) is 10.4. The number of ether oxygens (including phenoxy) is 1. The predicted octanol–water partition coefficient (Wildman–Crippen LogP) is 6.03. The zero-order chi connectivity index (χ0) is 19.1. The van der Waals surface area contributed by atoms with Gasteiger partial charge in [-0.3, -0.25) is 0 Å². The molecule has 1 aliphatic carbocycles. The van der Waals surface area contributed by atoms with E-state index in [1.165, 1.54) is 42.4 Å². The number of hydrogen-bond donors (Lipinski definition) is 0. The second kappa shape index (κ2) is 9.75. The van der Waals surface area contributed by atoms with Crippen LogP contribution < -0.4 is 4.74 Å². The highest BCUT2D eigenvalue weighted by Crippen LogP contribution is 2.39. The van der Waals surface area contributed by atoms with Gasteiger partial charge in [-0.25, -0.2) is 0 Å². The lowest BCUT2D eigenvalue weighted by molar-refractivity contribution is 0.261. The second-order valence-electron chi connectivity index (χ2n) is 7.78. The Balaban J connectivity index is 1.91. The van der Waals surface area contributed by atoms with Gasteiger partial charge in [-0.05, 0) is 68.1 Å². The number of benzene rings is 2. The van der Waals surface area contributed by atoms with Gasteiger partial charge in [-0.2, -0.15) is 0 Å². The molecule has 3 rings (SSSR count). The first kappa shape index (κ1) is 19.7. The van der Waals surface area contributed by atoms with Gasteiger partial charge >= 0.3 is 0 Å². The molecule has 2 aromatic rings. The summed E-state index contributed by atoms with van der Waals surface area (Å²) in [6, 6.07) is 19.6. The summed E-state index contributed by atoms with van der Waals surface area (Å²) in [6.45, 7) is 3.96. The van der Waals surface area contributed by atoms with Crippen molar-refractivity contribution in [2.24, 2.45) is 5.92 Å². The summed E-state index contributed by atoms with van der Waals surface area (Å²) in [5.41, 5.74) is 5.71. The van der Waals surface area contributed by atoms with Crippen LogP contribution in [0.1, 0.15) is 50.2 Å². The van der Waals surface area contributed by atoms with Crippen molar-refractivity contribution in [3.63, 3.8) is 0 Å². The van der Waals surface area contributed by atoms with Crippen LogP contribution in [0.25, 0.3) is 5.57 Å². The molecule has 0 heterocycles. The van der Waals surface area contributed by atoms with E-state index in [0.717, 1.165) is 31.2 Å². The number of rotatable bonds is 8. The average molecular weight is 364 g/mol. The third kappa shape index (κ3) is 5.23. The molecule has 0 aromatic heterocycles. The molecule has 0 atom stereocenters. The average Bonchev–Trinajstić information content (AvgIpc) is 3.21. The van der Waals surface area contributed by atoms with Gasteiger partial charge in [-0.1, -0.05) is 67.8 Å². The Morgan fingerprint density at radius 3 is 2.15 bits per heavy atom. The third-order valence-corrected chi connectivity index (χ3v) is 5.56. The summed E-state index contributed by atoms with van der Waals surface area (Å²) >= 11 is 0. The fourth-order valence-corrected chi connectivity index (χ4v) is 4.15. The second-order valence-corrected chi connectivity index (χ2v) is 7.78. The molecule has 0 bridgehead atoms. The van der Waals surface area contributed by atoms with Crippen molar-refractivity contribution >= 4 is 5.57 Å². The van der Waals surface area contributed by atoms with Crippen molar-refractivity contribution < 1.29 is 4.74 Å². The maximum Gasteiger partial charge on any atom is 0.119 e. The van der Waals surface area contributed by atoms with Crippen LogP contribution in [0.2, 0.25) is 0 Å². The zero-order valence-corrected chi connectivity index (χ0v) is 17.1. The molecule has 2 aromatic carbocycles. The first-order valence-electron chi connectivity index (χ1n) is 10.4. The van der Waals surface area contributed by atoms with Crippen molar-refractivity contribution in [2.75, 3.05) is 27.2 Å². The smallest absolute Gasteiger partial charge is 0.119 e. The van der Waals surface area contributed by atoms with Crippen LogP contribution in [0, 0.1) is 5.92 Å². The van der Waals surface area contributed by atoms with Gasteiger partial charge in [0.1, 0.15) is 12.4 Å². The largest absolute Gasteiger partial charge is 0.492 e. The topological polar surface area (TPSA) is 12.5 Å². The van der Waals surface area contributed by atoms with Crippen molar-refractivity contribution in [1.29, 1.82) is 0 Å². The lowest BCUT2D eigenvalue weighted by Crippen LogP contribution is -2.19. The van der Waals surface area contributed by atoms with E-state index in [1.807, 2.05) is 0 Å². The number of hydrogen-bond acceptors (Lipinski definition) is 2. The Labute approximate surface area is 164 Å². The van der Waals surface area contributed by atoms with E-state index in [-0.39, 0.29) is 0 Å². The van der Waals surface area contributed by atoms with E-state index < -0.39 is 0 Å². The molecule has 0 saturated heterocycles. The highest BCUT2D eigenvalue weighted by atomic mass is 16.5. The summed E-state index contributed by atoms with van der Waals surface area (Å²) in [7, 11) is 4.14. The molecule has 1 fully saturated rings. The Hall–Kier alpha value is -2.06.